The van der Waals surface area contributed by atoms with Crippen molar-refractivity contribution in [2.24, 2.45) is 0 Å². The monoisotopic (exact) mass is 312 g/mol. The van der Waals surface area contributed by atoms with Gasteiger partial charge < -0.3 is 9.47 Å². The Kier molecular flexibility index (Phi) is 3.74. The van der Waals surface area contributed by atoms with Gasteiger partial charge >= 0.3 is 11.9 Å². The van der Waals surface area contributed by atoms with Crippen molar-refractivity contribution in [3.8, 4) is 0 Å². The van der Waals surface area contributed by atoms with E-state index in [1.165, 1.54) is 0 Å². The Hall–Kier alpha value is -0.330. The van der Waals surface area contributed by atoms with E-state index in [2.05, 4.69) is 0 Å². The Morgan fingerprint density at radius 2 is 2.43 bits per heavy atom. The summed E-state index contributed by atoms with van der Waals surface area (Å²) in [4.78, 5) is 22.6. The molecule has 0 spiro atoms. The standard InChI is InChI=1S/C9H13IO4/c1-3-9(2,10)8(12)14-6-4-5-13-7(6)11/h6H,3-5H2,1-2H3. The maximum Gasteiger partial charge on any atom is 0.347 e. The zero-order valence-corrected chi connectivity index (χ0v) is 10.4. The molecule has 4 nitrogen and oxygen atoms in total. The summed E-state index contributed by atoms with van der Waals surface area (Å²) < 4.78 is 9.20. The highest BCUT2D eigenvalue weighted by Gasteiger charge is 2.36. The van der Waals surface area contributed by atoms with E-state index in [9.17, 15) is 9.59 Å². The zero-order valence-electron chi connectivity index (χ0n) is 8.21. The van der Waals surface area contributed by atoms with Crippen LogP contribution in [-0.4, -0.2) is 28.1 Å². The summed E-state index contributed by atoms with van der Waals surface area (Å²) >= 11 is 2.03. The maximum atomic E-state index is 11.6. The van der Waals surface area contributed by atoms with Crippen molar-refractivity contribution in [1.29, 1.82) is 0 Å². The van der Waals surface area contributed by atoms with Gasteiger partial charge in [0, 0.05) is 6.42 Å². The first-order valence-corrected chi connectivity index (χ1v) is 5.62. The van der Waals surface area contributed by atoms with Crippen LogP contribution in [0.25, 0.3) is 0 Å². The van der Waals surface area contributed by atoms with Crippen LogP contribution < -0.4 is 0 Å². The van der Waals surface area contributed by atoms with Gasteiger partial charge in [0.2, 0.25) is 6.10 Å². The molecular weight excluding hydrogens is 299 g/mol. The minimum absolute atomic E-state index is 0.343. The van der Waals surface area contributed by atoms with Crippen molar-refractivity contribution in [3.63, 3.8) is 0 Å². The molecule has 14 heavy (non-hydrogen) atoms. The van der Waals surface area contributed by atoms with Gasteiger partial charge in [-0.05, 0) is 13.3 Å². The highest BCUT2D eigenvalue weighted by atomic mass is 127. The Morgan fingerprint density at radius 1 is 1.79 bits per heavy atom. The molecule has 2 atom stereocenters. The van der Waals surface area contributed by atoms with Crippen molar-refractivity contribution in [2.75, 3.05) is 6.61 Å². The molecule has 0 bridgehead atoms. The van der Waals surface area contributed by atoms with Crippen molar-refractivity contribution in [3.05, 3.63) is 0 Å². The van der Waals surface area contributed by atoms with E-state index in [0.29, 0.717) is 19.4 Å². The average Bonchev–Trinajstić information content (AvgIpc) is 2.52. The van der Waals surface area contributed by atoms with Gasteiger partial charge in [0.1, 0.15) is 3.42 Å². The molecule has 5 heteroatoms. The number of carbonyl (C=O) groups is 2. The highest BCUT2D eigenvalue weighted by molar-refractivity contribution is 14.1. The van der Waals surface area contributed by atoms with Crippen molar-refractivity contribution in [2.45, 2.75) is 36.2 Å². The summed E-state index contributed by atoms with van der Waals surface area (Å²) in [6.45, 7) is 4.04. The van der Waals surface area contributed by atoms with Crippen LogP contribution in [0.4, 0.5) is 0 Å². The van der Waals surface area contributed by atoms with Gasteiger partial charge in [-0.25, -0.2) is 4.79 Å². The third-order valence-corrected chi connectivity index (χ3v) is 3.43. The molecule has 0 aliphatic carbocycles. The summed E-state index contributed by atoms with van der Waals surface area (Å²) in [6, 6.07) is 0. The first-order valence-electron chi connectivity index (χ1n) is 4.54. The van der Waals surface area contributed by atoms with Gasteiger partial charge in [0.15, 0.2) is 0 Å². The number of esters is 2. The third-order valence-electron chi connectivity index (χ3n) is 2.23. The molecular formula is C9H13IO4. The third kappa shape index (κ3) is 2.59. The number of cyclic esters (lactones) is 1. The van der Waals surface area contributed by atoms with E-state index in [4.69, 9.17) is 9.47 Å². The number of hydrogen-bond acceptors (Lipinski definition) is 4. The van der Waals surface area contributed by atoms with Crippen LogP contribution in [0.1, 0.15) is 26.7 Å². The van der Waals surface area contributed by atoms with Crippen LogP contribution in [0, 0.1) is 0 Å². The molecule has 0 amide bonds. The van der Waals surface area contributed by atoms with Gasteiger partial charge in [-0.2, -0.15) is 0 Å². The molecule has 0 N–H and O–H groups in total. The number of ether oxygens (including phenoxy) is 2. The van der Waals surface area contributed by atoms with Crippen LogP contribution >= 0.6 is 22.6 Å². The zero-order chi connectivity index (χ0) is 10.8. The van der Waals surface area contributed by atoms with E-state index in [0.717, 1.165) is 0 Å². The SMILES string of the molecule is CCC(C)(I)C(=O)OC1CCOC1=O. The quantitative estimate of drug-likeness (QED) is 0.450. The molecule has 0 aromatic carbocycles. The molecule has 1 fully saturated rings. The predicted molar refractivity (Wildman–Crippen MR) is 58.2 cm³/mol. The molecule has 1 heterocycles. The molecule has 0 radical (unpaired) electrons. The van der Waals surface area contributed by atoms with E-state index in [1.807, 2.05) is 29.5 Å². The molecule has 1 aliphatic heterocycles. The summed E-state index contributed by atoms with van der Waals surface area (Å²) in [5.74, 6) is -0.772. The van der Waals surface area contributed by atoms with Crippen LogP contribution in [0.3, 0.4) is 0 Å². The Bertz CT molecular complexity index is 249. The normalized spacial score (nSPS) is 25.4. The van der Waals surface area contributed by atoms with Gasteiger partial charge in [-0.15, -0.1) is 0 Å². The first-order chi connectivity index (χ1) is 6.47. The molecule has 1 aliphatic rings. The van der Waals surface area contributed by atoms with Crippen molar-refractivity contribution >= 4 is 34.5 Å². The highest BCUT2D eigenvalue weighted by Crippen LogP contribution is 2.25. The second kappa shape index (κ2) is 4.46. The first kappa shape index (κ1) is 11.7. The van der Waals surface area contributed by atoms with Crippen molar-refractivity contribution in [1.82, 2.24) is 0 Å². The number of carbonyl (C=O) groups excluding carboxylic acids is 2. The summed E-state index contributed by atoms with van der Waals surface area (Å²) in [7, 11) is 0. The van der Waals surface area contributed by atoms with E-state index >= 15 is 0 Å². The Labute approximate surface area is 96.5 Å². The largest absolute Gasteiger partial charge is 0.463 e. The lowest BCUT2D eigenvalue weighted by atomic mass is 10.1. The maximum absolute atomic E-state index is 11.6. The molecule has 0 aromatic rings. The smallest absolute Gasteiger partial charge is 0.347 e. The number of alkyl halides is 1. The van der Waals surface area contributed by atoms with Gasteiger partial charge in [-0.1, -0.05) is 29.5 Å². The van der Waals surface area contributed by atoms with E-state index < -0.39 is 15.5 Å². The Balaban J connectivity index is 2.52. The summed E-state index contributed by atoms with van der Waals surface area (Å²) in [5.41, 5.74) is 0. The van der Waals surface area contributed by atoms with Crippen LogP contribution in [0.2, 0.25) is 0 Å². The second-order valence-electron chi connectivity index (χ2n) is 3.40. The molecule has 1 rings (SSSR count). The number of rotatable bonds is 3. The minimum atomic E-state index is -0.692. The molecule has 1 saturated heterocycles. The van der Waals surface area contributed by atoms with Gasteiger partial charge in [0.25, 0.3) is 0 Å². The summed E-state index contributed by atoms with van der Waals surface area (Å²) in [6.07, 6.45) is 0.456. The topological polar surface area (TPSA) is 52.6 Å². The van der Waals surface area contributed by atoms with Crippen LogP contribution in [0.15, 0.2) is 0 Å². The minimum Gasteiger partial charge on any atom is -0.463 e. The molecule has 0 saturated carbocycles. The molecule has 0 aromatic heterocycles. The Morgan fingerprint density at radius 3 is 2.86 bits per heavy atom. The van der Waals surface area contributed by atoms with E-state index in [-0.39, 0.29) is 5.97 Å². The second-order valence-corrected chi connectivity index (χ2v) is 5.78. The van der Waals surface area contributed by atoms with Crippen LogP contribution in [-0.2, 0) is 19.1 Å². The van der Waals surface area contributed by atoms with Gasteiger partial charge in [-0.3, -0.25) is 4.79 Å². The number of halogens is 1. The lowest BCUT2D eigenvalue weighted by Crippen LogP contribution is -2.34. The van der Waals surface area contributed by atoms with E-state index in [1.54, 1.807) is 6.92 Å². The lowest BCUT2D eigenvalue weighted by molar-refractivity contribution is -0.161. The lowest BCUT2D eigenvalue weighted by Gasteiger charge is -2.19. The predicted octanol–water partition coefficient (Wildman–Crippen LogP) is 1.45. The molecule has 80 valence electrons. The average molecular weight is 312 g/mol. The van der Waals surface area contributed by atoms with Crippen molar-refractivity contribution < 1.29 is 19.1 Å². The fraction of sp³-hybridized carbons (Fsp3) is 0.778. The van der Waals surface area contributed by atoms with Crippen LogP contribution in [0.5, 0.6) is 0 Å². The number of hydrogen-bond donors (Lipinski definition) is 0. The fourth-order valence-electron chi connectivity index (χ4n) is 0.981. The van der Waals surface area contributed by atoms with Gasteiger partial charge in [0.05, 0.1) is 6.61 Å². The molecule has 2 unspecified atom stereocenters. The summed E-state index contributed by atoms with van der Waals surface area (Å²) in [5, 5.41) is 0. The fourth-order valence-corrected chi connectivity index (χ4v) is 1.11.